The molecule has 0 aliphatic rings. The van der Waals surface area contributed by atoms with Gasteiger partial charge in [0.15, 0.2) is 0 Å². The van der Waals surface area contributed by atoms with Crippen LogP contribution in [0.2, 0.25) is 0 Å². The highest BCUT2D eigenvalue weighted by atomic mass is 35.5. The Morgan fingerprint density at radius 2 is 2.27 bits per heavy atom. The third kappa shape index (κ3) is 4.53. The highest BCUT2D eigenvalue weighted by Gasteiger charge is 1.99. The van der Waals surface area contributed by atoms with Crippen LogP contribution in [-0.4, -0.2) is 17.0 Å². The van der Waals surface area contributed by atoms with E-state index in [1.54, 1.807) is 12.1 Å². The second-order valence-corrected chi connectivity index (χ2v) is 3.39. The first kappa shape index (κ1) is 11.6. The van der Waals surface area contributed by atoms with Crippen molar-refractivity contribution in [3.63, 3.8) is 0 Å². The molecule has 0 saturated carbocycles. The summed E-state index contributed by atoms with van der Waals surface area (Å²) in [5.41, 5.74) is 1.60. The summed E-state index contributed by atoms with van der Waals surface area (Å²) >= 11 is 5.49. The van der Waals surface area contributed by atoms with Crippen molar-refractivity contribution >= 4 is 17.6 Å². The molecule has 1 aromatic carbocycles. The van der Waals surface area contributed by atoms with E-state index in [-0.39, 0.29) is 6.42 Å². The Kier molecular flexibility index (Phi) is 4.73. The van der Waals surface area contributed by atoms with Crippen molar-refractivity contribution in [1.82, 2.24) is 0 Å². The number of carbonyl (C=O) groups is 1. The van der Waals surface area contributed by atoms with Crippen LogP contribution in [0, 0.1) is 11.8 Å². The fourth-order valence-electron chi connectivity index (χ4n) is 1.15. The lowest BCUT2D eigenvalue weighted by molar-refractivity contribution is -0.136. The van der Waals surface area contributed by atoms with Gasteiger partial charge in [0.2, 0.25) is 0 Å². The highest BCUT2D eigenvalue weighted by Crippen LogP contribution is 2.05. The Hall–Kier alpha value is -1.46. The Bertz CT molecular complexity index is 402. The predicted octanol–water partition coefficient (Wildman–Crippen LogP) is 2.29. The van der Waals surface area contributed by atoms with Crippen molar-refractivity contribution in [1.29, 1.82) is 0 Å². The quantitative estimate of drug-likeness (QED) is 0.630. The van der Waals surface area contributed by atoms with Gasteiger partial charge in [-0.2, -0.15) is 0 Å². The lowest BCUT2D eigenvalue weighted by atomic mass is 10.1. The molecule has 1 N–H and O–H groups in total. The number of carboxylic acids is 1. The average Bonchev–Trinajstić information content (AvgIpc) is 2.18. The van der Waals surface area contributed by atoms with E-state index in [0.29, 0.717) is 12.3 Å². The van der Waals surface area contributed by atoms with E-state index in [1.165, 1.54) is 0 Å². The van der Waals surface area contributed by atoms with E-state index < -0.39 is 5.97 Å². The number of carboxylic acid groups (broad SMARTS) is 1. The predicted molar refractivity (Wildman–Crippen MR) is 60.0 cm³/mol. The number of aliphatic carboxylic acids is 1. The van der Waals surface area contributed by atoms with Crippen LogP contribution in [0.4, 0.5) is 0 Å². The van der Waals surface area contributed by atoms with Crippen molar-refractivity contribution in [3.8, 4) is 11.8 Å². The van der Waals surface area contributed by atoms with Crippen molar-refractivity contribution in [2.75, 3.05) is 5.88 Å². The van der Waals surface area contributed by atoms with Crippen LogP contribution in [0.1, 0.15) is 17.5 Å². The number of hydrogen-bond acceptors (Lipinski definition) is 1. The van der Waals surface area contributed by atoms with Crippen molar-refractivity contribution in [3.05, 3.63) is 35.4 Å². The first-order chi connectivity index (χ1) is 7.22. The number of rotatable bonds is 3. The van der Waals surface area contributed by atoms with Gasteiger partial charge in [-0.1, -0.05) is 24.0 Å². The van der Waals surface area contributed by atoms with E-state index in [1.807, 2.05) is 12.1 Å². The van der Waals surface area contributed by atoms with Gasteiger partial charge in [-0.15, -0.1) is 11.6 Å². The van der Waals surface area contributed by atoms with Crippen molar-refractivity contribution < 1.29 is 9.90 Å². The molecule has 0 fully saturated rings. The zero-order chi connectivity index (χ0) is 11.1. The maximum absolute atomic E-state index is 10.5. The van der Waals surface area contributed by atoms with Gasteiger partial charge in [0, 0.05) is 17.9 Å². The lowest BCUT2D eigenvalue weighted by Crippen LogP contribution is -1.99. The van der Waals surface area contributed by atoms with E-state index in [2.05, 4.69) is 11.8 Å². The van der Waals surface area contributed by atoms with Gasteiger partial charge in [0.25, 0.3) is 0 Å². The molecule has 1 rings (SSSR count). The van der Waals surface area contributed by atoms with E-state index >= 15 is 0 Å². The Balaban J connectivity index is 2.75. The topological polar surface area (TPSA) is 37.3 Å². The van der Waals surface area contributed by atoms with Crippen LogP contribution in [-0.2, 0) is 11.2 Å². The monoisotopic (exact) mass is 222 g/mol. The Labute approximate surface area is 93.9 Å². The summed E-state index contributed by atoms with van der Waals surface area (Å²) in [4.78, 5) is 10.5. The molecule has 0 aliphatic carbocycles. The largest absolute Gasteiger partial charge is 0.481 e. The molecule has 0 aromatic heterocycles. The number of hydrogen-bond donors (Lipinski definition) is 1. The molecule has 0 unspecified atom stereocenters. The van der Waals surface area contributed by atoms with Gasteiger partial charge in [-0.3, -0.25) is 4.79 Å². The van der Waals surface area contributed by atoms with Gasteiger partial charge < -0.3 is 5.11 Å². The van der Waals surface area contributed by atoms with Crippen LogP contribution in [0.25, 0.3) is 0 Å². The van der Waals surface area contributed by atoms with E-state index in [4.69, 9.17) is 16.7 Å². The summed E-state index contributed by atoms with van der Waals surface area (Å²) < 4.78 is 0. The zero-order valence-corrected chi connectivity index (χ0v) is 8.92. The molecule has 0 saturated heterocycles. The van der Waals surface area contributed by atoms with Gasteiger partial charge in [0.05, 0.1) is 6.42 Å². The molecule has 1 aromatic rings. The molecule has 2 nitrogen and oxygen atoms in total. The van der Waals surface area contributed by atoms with Crippen LogP contribution >= 0.6 is 11.6 Å². The normalized spacial score (nSPS) is 9.13. The lowest BCUT2D eigenvalue weighted by Gasteiger charge is -1.97. The summed E-state index contributed by atoms with van der Waals surface area (Å²) in [6, 6.07) is 7.23. The summed E-state index contributed by atoms with van der Waals surface area (Å²) in [6.07, 6.45) is 0.676. The molecular weight excluding hydrogens is 212 g/mol. The van der Waals surface area contributed by atoms with Crippen molar-refractivity contribution in [2.24, 2.45) is 0 Å². The number of alkyl halides is 1. The summed E-state index contributed by atoms with van der Waals surface area (Å²) in [7, 11) is 0. The molecule has 0 amide bonds. The molecular formula is C12H11ClO2. The highest BCUT2D eigenvalue weighted by molar-refractivity contribution is 6.18. The van der Waals surface area contributed by atoms with Crippen LogP contribution in [0.15, 0.2) is 24.3 Å². The van der Waals surface area contributed by atoms with Crippen LogP contribution in [0.3, 0.4) is 0 Å². The summed E-state index contributed by atoms with van der Waals surface area (Å²) in [5.74, 6) is 5.52. The molecule has 0 spiro atoms. The number of benzene rings is 1. The fourth-order valence-corrected chi connectivity index (χ4v) is 1.24. The standard InChI is InChI=1S/C12H11ClO2/c13-7-2-1-4-10-5-3-6-11(8-10)9-12(14)15/h3,5-6,8H,2,7,9H2,(H,14,15). The molecule has 0 aliphatic heterocycles. The smallest absolute Gasteiger partial charge is 0.307 e. The first-order valence-corrected chi connectivity index (χ1v) is 5.11. The van der Waals surface area contributed by atoms with Crippen LogP contribution < -0.4 is 0 Å². The molecule has 15 heavy (non-hydrogen) atoms. The van der Waals surface area contributed by atoms with E-state index in [0.717, 1.165) is 11.1 Å². The summed E-state index contributed by atoms with van der Waals surface area (Å²) in [5, 5.41) is 8.62. The average molecular weight is 223 g/mol. The third-order valence-electron chi connectivity index (χ3n) is 1.73. The second kappa shape index (κ2) is 6.10. The van der Waals surface area contributed by atoms with Gasteiger partial charge in [-0.25, -0.2) is 0 Å². The third-order valence-corrected chi connectivity index (χ3v) is 1.92. The summed E-state index contributed by atoms with van der Waals surface area (Å²) in [6.45, 7) is 0. The van der Waals surface area contributed by atoms with E-state index in [9.17, 15) is 4.79 Å². The minimum absolute atomic E-state index is 0.0328. The maximum Gasteiger partial charge on any atom is 0.307 e. The maximum atomic E-state index is 10.5. The van der Waals surface area contributed by atoms with Crippen LogP contribution in [0.5, 0.6) is 0 Å². The van der Waals surface area contributed by atoms with Crippen molar-refractivity contribution in [2.45, 2.75) is 12.8 Å². The molecule has 0 bridgehead atoms. The SMILES string of the molecule is O=C(O)Cc1cccc(C#CCCCl)c1. The molecule has 0 radical (unpaired) electrons. The molecule has 0 heterocycles. The number of halogens is 1. The minimum Gasteiger partial charge on any atom is -0.481 e. The molecule has 0 atom stereocenters. The van der Waals surface area contributed by atoms with Gasteiger partial charge in [-0.05, 0) is 17.7 Å². The van der Waals surface area contributed by atoms with Gasteiger partial charge in [0.1, 0.15) is 0 Å². The second-order valence-electron chi connectivity index (χ2n) is 3.01. The van der Waals surface area contributed by atoms with Gasteiger partial charge >= 0.3 is 5.97 Å². The Morgan fingerprint density at radius 1 is 1.47 bits per heavy atom. The molecule has 78 valence electrons. The fraction of sp³-hybridized carbons (Fsp3) is 0.250. The minimum atomic E-state index is -0.833. The zero-order valence-electron chi connectivity index (χ0n) is 8.16. The Morgan fingerprint density at radius 3 is 2.93 bits per heavy atom. The first-order valence-electron chi connectivity index (χ1n) is 4.58. The molecule has 3 heteroatoms.